The molecule has 0 bridgehead atoms. The van der Waals surface area contributed by atoms with Gasteiger partial charge in [0.1, 0.15) is 16.5 Å². The van der Waals surface area contributed by atoms with Gasteiger partial charge in [0, 0.05) is 101 Å². The molecule has 0 saturated carbocycles. The number of rotatable bonds is 40. The first kappa shape index (κ1) is 83.8. The highest BCUT2D eigenvalue weighted by molar-refractivity contribution is 8.00. The number of likely N-dealkylation sites (N-methyl/N-ethyl adjacent to an activating group) is 1. The van der Waals surface area contributed by atoms with Gasteiger partial charge in [-0.05, 0) is 133 Å². The minimum atomic E-state index is -0.996. The van der Waals surface area contributed by atoms with E-state index in [1.54, 1.807) is 55.4 Å². The molecule has 1 unspecified atom stereocenters. The van der Waals surface area contributed by atoms with Crippen molar-refractivity contribution < 1.29 is 72.1 Å². The van der Waals surface area contributed by atoms with Crippen LogP contribution in [0.15, 0.2) is 53.9 Å². The van der Waals surface area contributed by atoms with Crippen LogP contribution in [0.5, 0.6) is 0 Å². The second-order valence-corrected chi connectivity index (χ2v) is 29.2. The zero-order valence-electron chi connectivity index (χ0n) is 60.5. The molecular formula is C73H109N9O15S2. The topological polar surface area (TPSA) is 340 Å². The normalized spacial score (nSPS) is 17.8. The van der Waals surface area contributed by atoms with Gasteiger partial charge in [-0.25, -0.2) is 14.6 Å². The van der Waals surface area contributed by atoms with Crippen LogP contribution in [0.4, 0.5) is 15.3 Å². The van der Waals surface area contributed by atoms with Gasteiger partial charge in [0.15, 0.2) is 17.7 Å². The number of benzene rings is 2. The number of likely N-dealkylation sites (tertiary alicyclic amines) is 2. The van der Waals surface area contributed by atoms with E-state index < -0.39 is 77.5 Å². The number of carbonyl (C=O) groups excluding carboxylic acids is 11. The molecule has 8 amide bonds. The highest BCUT2D eigenvalue weighted by atomic mass is 32.2. The van der Waals surface area contributed by atoms with E-state index >= 15 is 0 Å². The summed E-state index contributed by atoms with van der Waals surface area (Å²) in [5, 5.41) is 22.3. The van der Waals surface area contributed by atoms with E-state index in [1.807, 2.05) is 93.0 Å². The number of hydrogen-bond donors (Lipinski definition) is 6. The van der Waals surface area contributed by atoms with Crippen molar-refractivity contribution in [1.82, 2.24) is 35.6 Å². The summed E-state index contributed by atoms with van der Waals surface area (Å²) in [6, 6.07) is 12.2. The number of primary amides is 1. The largest absolute Gasteiger partial charge is 0.481 e. The van der Waals surface area contributed by atoms with Crippen LogP contribution in [0.25, 0.3) is 0 Å². The lowest BCUT2D eigenvalue weighted by Gasteiger charge is -2.38. The van der Waals surface area contributed by atoms with Crippen molar-refractivity contribution in [2.45, 2.75) is 214 Å². The van der Waals surface area contributed by atoms with Crippen LogP contribution < -0.4 is 27.0 Å². The number of thioether (sulfide) groups is 1. The van der Waals surface area contributed by atoms with Crippen LogP contribution in [0, 0.1) is 42.4 Å². The van der Waals surface area contributed by atoms with E-state index in [1.165, 1.54) is 23.6 Å². The number of nitrogens with one attached hydrogen (secondary N) is 4. The number of nitrogens with two attached hydrogens (primary N) is 1. The molecule has 1 aromatic heterocycles. The van der Waals surface area contributed by atoms with Gasteiger partial charge in [0.25, 0.3) is 5.91 Å². The van der Waals surface area contributed by atoms with E-state index in [9.17, 15) is 62.6 Å². The summed E-state index contributed by atoms with van der Waals surface area (Å²) >= 11 is 2.55. The van der Waals surface area contributed by atoms with E-state index in [4.69, 9.17) is 15.2 Å². The molecule has 99 heavy (non-hydrogen) atoms. The lowest BCUT2D eigenvalue weighted by atomic mass is 9.80. The van der Waals surface area contributed by atoms with E-state index in [0.717, 1.165) is 53.8 Å². The number of urea groups is 1. The highest BCUT2D eigenvalue weighted by Gasteiger charge is 2.44. The van der Waals surface area contributed by atoms with Crippen LogP contribution >= 0.6 is 23.1 Å². The Kier molecular flexibility index (Phi) is 34.9. The van der Waals surface area contributed by atoms with Gasteiger partial charge in [-0.3, -0.25) is 63.1 Å². The standard InChI is InChI=1S/C42H63N5O9S.C31H46N4O6S/c1-11-26(5)32(22-36(49)42(8)18-13-19-46(42)9)39(51)47(10)34(25(3)4)23-35(56-28(7)48)38-45-33(24-57-38)37(50)43-31(20-27(6)40(52)53)21-29-14-16-30(17-15-29)44-41(54)55-12-2;1-20(2)24(18-23(36)9-6-5-7-16-35-28(38)19-27(42-4)30(35)40)29(39)34-25(10-8-15-33-31(32)41)26(37)17-22-13-11-21(3)12-14-22/h14-17,24-27,31-32,34-35H,11-13,18-23H2,1-10H3,(H,43,50)(H,44,54)(H,52,53);11-14,20,24-25,27H,5-10,15-19H2,1-4H3,(H,34,39)(H3,32,33,41)/t26-,27-,31+,32-,34+,35+,42+;24-,25-,27?/m00/s1. The maximum absolute atomic E-state index is 14.3. The van der Waals surface area contributed by atoms with Crippen molar-refractivity contribution >= 4 is 99.7 Å². The maximum atomic E-state index is 14.3. The SMILES string of the molecule is CCOC(=O)Nc1ccc(C[C@@H](C[C@H](C)C(=O)O)NC(=O)c2csc([C@@H](C[C@H](C(C)C)N(C)C(=O)[C@@H](CC(=O)[C@@]3(C)CCCN3C)[C@@H](C)CC)OC(C)=O)n2)cc1.CSC1CC(=O)N(CCCCCC(=O)C[C@H](C(=O)N[C@@H](CCCNC(N)=O)C(=O)Cc2ccc(C)cc2)C(C)C)C1=O. The fourth-order valence-electron chi connectivity index (χ4n) is 12.4. The summed E-state index contributed by atoms with van der Waals surface area (Å²) < 4.78 is 10.7. The summed E-state index contributed by atoms with van der Waals surface area (Å²) in [7, 11) is 3.70. The number of esters is 1. The number of unbranched alkanes of at least 4 members (excludes halogenated alkanes) is 2. The smallest absolute Gasteiger partial charge is 0.411 e. The second kappa shape index (κ2) is 41.2. The second-order valence-electron chi connectivity index (χ2n) is 27.3. The summed E-state index contributed by atoms with van der Waals surface area (Å²) in [4.78, 5) is 162. The number of aliphatic carboxylic acids is 1. The number of aryl methyl sites for hydroxylation is 1. The van der Waals surface area contributed by atoms with Crippen LogP contribution in [0.3, 0.4) is 0 Å². The van der Waals surface area contributed by atoms with Crippen molar-refractivity contribution in [1.29, 1.82) is 0 Å². The molecule has 3 aromatic rings. The molecule has 3 heterocycles. The number of hydrogen-bond acceptors (Lipinski definition) is 18. The van der Waals surface area contributed by atoms with Crippen LogP contribution in [-0.2, 0) is 65.5 Å². The summed E-state index contributed by atoms with van der Waals surface area (Å²) in [5.74, 6) is -4.95. The maximum Gasteiger partial charge on any atom is 0.411 e. The third kappa shape index (κ3) is 26.8. The average Bonchev–Trinajstić information content (AvgIpc) is 1.75. The zero-order valence-corrected chi connectivity index (χ0v) is 62.2. The van der Waals surface area contributed by atoms with Crippen molar-refractivity contribution in [2.24, 2.45) is 41.2 Å². The quantitative estimate of drug-likeness (QED) is 0.0175. The third-order valence-electron chi connectivity index (χ3n) is 19.0. The zero-order chi connectivity index (χ0) is 73.8. The van der Waals surface area contributed by atoms with Gasteiger partial charge in [-0.1, -0.05) is 103 Å². The van der Waals surface area contributed by atoms with Crippen molar-refractivity contribution in [3.63, 3.8) is 0 Å². The average molecular weight is 1420 g/mol. The predicted molar refractivity (Wildman–Crippen MR) is 383 cm³/mol. The molecule has 5 rings (SSSR count). The Bertz CT molecular complexity index is 3220. The Balaban J connectivity index is 0.000000440. The molecular weight excluding hydrogens is 1310 g/mol. The van der Waals surface area contributed by atoms with Gasteiger partial charge in [0.05, 0.1) is 29.4 Å². The number of ether oxygens (including phenoxy) is 2. The fourth-order valence-corrected chi connectivity index (χ4v) is 13.9. The molecule has 24 nitrogen and oxygen atoms in total. The van der Waals surface area contributed by atoms with Crippen molar-refractivity contribution in [3.8, 4) is 0 Å². The van der Waals surface area contributed by atoms with Gasteiger partial charge < -0.3 is 41.2 Å². The molecule has 26 heteroatoms. The summed E-state index contributed by atoms with van der Waals surface area (Å²) in [6.45, 7) is 22.0. The molecule has 2 aliphatic rings. The first-order chi connectivity index (χ1) is 46.7. The molecule has 0 aliphatic carbocycles. The van der Waals surface area contributed by atoms with Crippen LogP contribution in [-0.4, -0.2) is 171 Å². The van der Waals surface area contributed by atoms with Gasteiger partial charge in [-0.2, -0.15) is 11.8 Å². The lowest BCUT2D eigenvalue weighted by molar-refractivity contribution is -0.150. The molecule has 2 aliphatic heterocycles. The van der Waals surface area contributed by atoms with Gasteiger partial charge in [-0.15, -0.1) is 11.3 Å². The molecule has 7 N–H and O–H groups in total. The molecule has 0 radical (unpaired) electrons. The molecule has 2 aromatic carbocycles. The van der Waals surface area contributed by atoms with Crippen molar-refractivity contribution in [2.75, 3.05) is 51.9 Å². The Morgan fingerprint density at radius 1 is 0.869 bits per heavy atom. The monoisotopic (exact) mass is 1420 g/mol. The number of Topliss-reactive ketones (excluding diaryl/α,β-unsaturated/α-hetero) is 3. The third-order valence-corrected chi connectivity index (χ3v) is 20.9. The number of carboxylic acid groups (broad SMARTS) is 1. The number of nitrogens with zero attached hydrogens (tertiary/aromatic N) is 4. The Morgan fingerprint density at radius 2 is 1.54 bits per heavy atom. The molecule has 10 atom stereocenters. The minimum absolute atomic E-state index is 0.0344. The van der Waals surface area contributed by atoms with E-state index in [2.05, 4.69) is 31.2 Å². The van der Waals surface area contributed by atoms with Crippen LogP contribution in [0.2, 0.25) is 0 Å². The number of aromatic nitrogens is 1. The Labute approximate surface area is 592 Å². The highest BCUT2D eigenvalue weighted by Crippen LogP contribution is 2.36. The fraction of sp³-hybridized carbons (Fsp3) is 0.630. The van der Waals surface area contributed by atoms with Gasteiger partial charge >= 0.3 is 24.1 Å². The first-order valence-corrected chi connectivity index (χ1v) is 36.9. The van der Waals surface area contributed by atoms with E-state index in [0.29, 0.717) is 62.2 Å². The Morgan fingerprint density at radius 3 is 2.10 bits per heavy atom. The number of imide groups is 1. The summed E-state index contributed by atoms with van der Waals surface area (Å²) in [5.41, 5.74) is 7.88. The number of amides is 8. The van der Waals surface area contributed by atoms with Crippen LogP contribution in [0.1, 0.15) is 197 Å². The number of ketones is 3. The van der Waals surface area contributed by atoms with Crippen molar-refractivity contribution in [3.05, 3.63) is 81.3 Å². The Hall–Kier alpha value is -7.58. The number of carboxylic acids is 1. The molecule has 2 fully saturated rings. The van der Waals surface area contributed by atoms with Gasteiger partial charge in [0.2, 0.25) is 23.6 Å². The first-order valence-electron chi connectivity index (χ1n) is 34.7. The molecule has 0 spiro atoms. The van der Waals surface area contributed by atoms with E-state index in [-0.39, 0.29) is 121 Å². The molecule has 548 valence electrons. The predicted octanol–water partition coefficient (Wildman–Crippen LogP) is 10.1. The summed E-state index contributed by atoms with van der Waals surface area (Å²) in [6.07, 6.45) is 7.13. The number of anilines is 1. The minimum Gasteiger partial charge on any atom is -0.481 e. The molecule has 2 saturated heterocycles. The number of thiazole rings is 1. The lowest BCUT2D eigenvalue weighted by Crippen LogP contribution is -2.50. The number of carbonyl (C=O) groups is 12.